The Bertz CT molecular complexity index is 316. The highest BCUT2D eigenvalue weighted by Crippen LogP contribution is 2.07. The van der Waals surface area contributed by atoms with Crippen LogP contribution >= 0.6 is 31.9 Å². The predicted octanol–water partition coefficient (Wildman–Crippen LogP) is 7.53. The van der Waals surface area contributed by atoms with Gasteiger partial charge in [0.15, 0.2) is 0 Å². The summed E-state index contributed by atoms with van der Waals surface area (Å²) in [6.07, 6.45) is 21.0. The van der Waals surface area contributed by atoms with Gasteiger partial charge in [-0.1, -0.05) is 56.2 Å². The van der Waals surface area contributed by atoms with Crippen molar-refractivity contribution in [2.45, 2.75) is 90.3 Å². The molecule has 0 N–H and O–H groups in total. The third-order valence-electron chi connectivity index (χ3n) is 4.19. The Hall–Kier alpha value is 0.320. The van der Waals surface area contributed by atoms with E-state index in [0.717, 1.165) is 36.3 Å². The van der Waals surface area contributed by atoms with Crippen molar-refractivity contribution in [2.75, 3.05) is 24.2 Å². The van der Waals surface area contributed by atoms with E-state index in [1.165, 1.54) is 38.5 Å². The number of allylic oxidation sites excluding steroid dienone is 4. The van der Waals surface area contributed by atoms with Gasteiger partial charge in [0.25, 0.3) is 0 Å². The molecule has 2 atom stereocenters. The maximum atomic E-state index is 5.66. The average molecular weight is 512 g/mol. The topological polar surface area (TPSA) is 27.7 Å². The van der Waals surface area contributed by atoms with E-state index in [4.69, 9.17) is 14.2 Å². The zero-order chi connectivity index (χ0) is 20.0. The first kappa shape index (κ1) is 27.3. The van der Waals surface area contributed by atoms with Gasteiger partial charge in [-0.3, -0.25) is 0 Å². The van der Waals surface area contributed by atoms with Crippen LogP contribution in [0.4, 0.5) is 0 Å². The van der Waals surface area contributed by atoms with Crippen molar-refractivity contribution in [3.63, 3.8) is 0 Å². The van der Waals surface area contributed by atoms with Crippen molar-refractivity contribution >= 4 is 31.9 Å². The van der Waals surface area contributed by atoms with Crippen LogP contribution in [0.2, 0.25) is 0 Å². The number of hydrogen-bond donors (Lipinski definition) is 0. The largest absolute Gasteiger partial charge is 0.352 e. The molecule has 0 saturated carbocycles. The van der Waals surface area contributed by atoms with Crippen molar-refractivity contribution in [2.24, 2.45) is 0 Å². The lowest BCUT2D eigenvalue weighted by Crippen LogP contribution is -2.15. The summed E-state index contributed by atoms with van der Waals surface area (Å²) in [6.45, 7) is 4.79. The van der Waals surface area contributed by atoms with Gasteiger partial charge in [0.2, 0.25) is 0 Å². The van der Waals surface area contributed by atoms with Crippen LogP contribution in [0, 0.1) is 0 Å². The fraction of sp³-hybridized carbons (Fsp3) is 0.818. The Morgan fingerprint density at radius 2 is 1.04 bits per heavy atom. The molecule has 0 aliphatic carbocycles. The first-order valence-corrected chi connectivity index (χ1v) is 12.7. The standard InChI is InChI=1S/C22H40Br2O3/c1-21(15-11-7-3-5-9-13-17-23)26-19-25-20-27-22(2)16-12-8-4-6-10-14-18-24/h3-4,7-8,21-22H,5-6,9-20H2,1-2H3. The van der Waals surface area contributed by atoms with Gasteiger partial charge in [0.05, 0.1) is 12.2 Å². The normalized spacial score (nSPS) is 14.4. The maximum Gasteiger partial charge on any atom is 0.149 e. The first-order valence-electron chi connectivity index (χ1n) is 10.4. The van der Waals surface area contributed by atoms with Gasteiger partial charge in [-0.2, -0.15) is 0 Å². The van der Waals surface area contributed by atoms with Crippen LogP contribution < -0.4 is 0 Å². The zero-order valence-corrected chi connectivity index (χ0v) is 20.5. The van der Waals surface area contributed by atoms with Crippen LogP contribution in [0.5, 0.6) is 0 Å². The second kappa shape index (κ2) is 22.6. The average Bonchev–Trinajstić information content (AvgIpc) is 2.66. The van der Waals surface area contributed by atoms with E-state index in [9.17, 15) is 0 Å². The smallest absolute Gasteiger partial charge is 0.149 e. The Morgan fingerprint density at radius 1 is 0.630 bits per heavy atom. The summed E-state index contributed by atoms with van der Waals surface area (Å²) in [6, 6.07) is 0. The van der Waals surface area contributed by atoms with E-state index in [1.54, 1.807) is 0 Å². The van der Waals surface area contributed by atoms with E-state index < -0.39 is 0 Å². The van der Waals surface area contributed by atoms with Crippen LogP contribution in [-0.4, -0.2) is 36.5 Å². The summed E-state index contributed by atoms with van der Waals surface area (Å²) < 4.78 is 16.7. The Labute approximate surface area is 184 Å². The fourth-order valence-electron chi connectivity index (χ4n) is 2.38. The SMILES string of the molecule is CC(CCC=CCCCCBr)OCOCOC(C)CCC=CCCCCBr. The summed E-state index contributed by atoms with van der Waals surface area (Å²) in [5.74, 6) is 0. The Kier molecular flexibility index (Phi) is 22.9. The van der Waals surface area contributed by atoms with Gasteiger partial charge in [-0.15, -0.1) is 0 Å². The van der Waals surface area contributed by atoms with E-state index in [1.807, 2.05) is 0 Å². The minimum Gasteiger partial charge on any atom is -0.352 e. The van der Waals surface area contributed by atoms with Crippen LogP contribution in [0.25, 0.3) is 0 Å². The molecule has 0 aromatic carbocycles. The highest BCUT2D eigenvalue weighted by molar-refractivity contribution is 9.09. The van der Waals surface area contributed by atoms with Gasteiger partial charge < -0.3 is 14.2 Å². The quantitative estimate of drug-likeness (QED) is 0.0731. The minimum absolute atomic E-state index is 0.212. The second-order valence-corrected chi connectivity index (χ2v) is 8.45. The van der Waals surface area contributed by atoms with Crippen LogP contribution in [0.3, 0.4) is 0 Å². The van der Waals surface area contributed by atoms with Gasteiger partial charge in [0, 0.05) is 10.7 Å². The number of ether oxygens (including phenoxy) is 3. The molecule has 2 unspecified atom stereocenters. The van der Waals surface area contributed by atoms with E-state index in [-0.39, 0.29) is 12.2 Å². The molecule has 0 bridgehead atoms. The Morgan fingerprint density at radius 3 is 1.44 bits per heavy atom. The molecular formula is C22H40Br2O3. The van der Waals surface area contributed by atoms with E-state index in [2.05, 4.69) is 70.0 Å². The van der Waals surface area contributed by atoms with Gasteiger partial charge in [0.1, 0.15) is 13.6 Å². The highest BCUT2D eigenvalue weighted by Gasteiger charge is 2.03. The molecule has 0 amide bonds. The zero-order valence-electron chi connectivity index (χ0n) is 17.3. The van der Waals surface area contributed by atoms with Gasteiger partial charge >= 0.3 is 0 Å². The van der Waals surface area contributed by atoms with Crippen molar-refractivity contribution < 1.29 is 14.2 Å². The molecule has 0 aliphatic heterocycles. The molecule has 0 saturated heterocycles. The molecule has 0 aromatic rings. The summed E-state index contributed by atoms with van der Waals surface area (Å²) in [5.41, 5.74) is 0. The lowest BCUT2D eigenvalue weighted by atomic mass is 10.2. The summed E-state index contributed by atoms with van der Waals surface area (Å²) >= 11 is 6.90. The number of rotatable bonds is 20. The predicted molar refractivity (Wildman–Crippen MR) is 124 cm³/mol. The molecular weight excluding hydrogens is 472 g/mol. The molecule has 0 heterocycles. The van der Waals surface area contributed by atoms with E-state index >= 15 is 0 Å². The number of hydrogen-bond acceptors (Lipinski definition) is 3. The molecule has 0 spiro atoms. The molecule has 0 fully saturated rings. The van der Waals surface area contributed by atoms with Crippen molar-refractivity contribution in [3.8, 4) is 0 Å². The molecule has 5 heteroatoms. The second-order valence-electron chi connectivity index (χ2n) is 6.86. The Balaban J connectivity index is 3.40. The highest BCUT2D eigenvalue weighted by atomic mass is 79.9. The van der Waals surface area contributed by atoms with Crippen LogP contribution in [0.1, 0.15) is 78.1 Å². The van der Waals surface area contributed by atoms with Gasteiger partial charge in [-0.05, 0) is 78.1 Å². The molecule has 0 aliphatic rings. The molecule has 3 nitrogen and oxygen atoms in total. The van der Waals surface area contributed by atoms with E-state index in [0.29, 0.717) is 13.6 Å². The number of alkyl halides is 2. The third kappa shape index (κ3) is 22.5. The molecule has 0 rings (SSSR count). The summed E-state index contributed by atoms with van der Waals surface area (Å²) in [5, 5.41) is 2.20. The minimum atomic E-state index is 0.212. The van der Waals surface area contributed by atoms with Gasteiger partial charge in [-0.25, -0.2) is 0 Å². The van der Waals surface area contributed by atoms with Crippen LogP contribution in [0.15, 0.2) is 24.3 Å². The van der Waals surface area contributed by atoms with Crippen LogP contribution in [-0.2, 0) is 14.2 Å². The molecule has 160 valence electrons. The van der Waals surface area contributed by atoms with Crippen molar-refractivity contribution in [1.29, 1.82) is 0 Å². The number of halogens is 2. The first-order chi connectivity index (χ1) is 13.2. The molecule has 0 radical (unpaired) electrons. The number of unbranched alkanes of at least 4 members (excludes halogenated alkanes) is 4. The van der Waals surface area contributed by atoms with Crippen molar-refractivity contribution in [1.82, 2.24) is 0 Å². The lowest BCUT2D eigenvalue weighted by molar-refractivity contribution is -0.160. The lowest BCUT2D eigenvalue weighted by Gasteiger charge is -2.14. The third-order valence-corrected chi connectivity index (χ3v) is 5.32. The molecule has 0 aromatic heterocycles. The summed E-state index contributed by atoms with van der Waals surface area (Å²) in [4.78, 5) is 0. The summed E-state index contributed by atoms with van der Waals surface area (Å²) in [7, 11) is 0. The molecule has 27 heavy (non-hydrogen) atoms. The van der Waals surface area contributed by atoms with Crippen molar-refractivity contribution in [3.05, 3.63) is 24.3 Å². The maximum absolute atomic E-state index is 5.66. The fourth-order valence-corrected chi connectivity index (χ4v) is 3.17. The monoisotopic (exact) mass is 510 g/mol.